The second-order valence-corrected chi connectivity index (χ2v) is 19.7. The van der Waals surface area contributed by atoms with Crippen LogP contribution in [0.3, 0.4) is 0 Å². The van der Waals surface area contributed by atoms with Crippen molar-refractivity contribution in [3.63, 3.8) is 0 Å². The number of amides is 7. The van der Waals surface area contributed by atoms with E-state index in [0.717, 1.165) is 37.0 Å². The number of nitrogens with zero attached hydrogens (tertiary/aromatic N) is 3. The van der Waals surface area contributed by atoms with E-state index in [4.69, 9.17) is 11.5 Å². The molecule has 71 heavy (non-hydrogen) atoms. The molecule has 2 fully saturated rings. The maximum Gasteiger partial charge on any atom is 0.326 e. The van der Waals surface area contributed by atoms with E-state index in [-0.39, 0.29) is 49.9 Å². The summed E-state index contributed by atoms with van der Waals surface area (Å²) in [7, 11) is 1.33. The van der Waals surface area contributed by atoms with E-state index in [1.54, 1.807) is 48.7 Å². The number of nitrogens with two attached hydrogens (primary N) is 2. The number of hydrogen-bond acceptors (Lipinski definition) is 11. The van der Waals surface area contributed by atoms with Gasteiger partial charge >= 0.3 is 5.97 Å². The van der Waals surface area contributed by atoms with Crippen LogP contribution in [0.1, 0.15) is 122 Å². The fraction of sp³-hybridized carbons (Fsp3) is 0.577. The average molecular weight is 986 g/mol. The number of aromatic nitrogens is 1. The van der Waals surface area contributed by atoms with Crippen molar-refractivity contribution < 1.29 is 48.3 Å². The van der Waals surface area contributed by atoms with Crippen molar-refractivity contribution in [3.8, 4) is 0 Å². The van der Waals surface area contributed by atoms with E-state index < -0.39 is 102 Å². The van der Waals surface area contributed by atoms with Crippen molar-refractivity contribution >= 4 is 59.7 Å². The predicted molar refractivity (Wildman–Crippen MR) is 266 cm³/mol. The van der Waals surface area contributed by atoms with Crippen LogP contribution < -0.4 is 32.7 Å². The van der Waals surface area contributed by atoms with Crippen LogP contribution in [0.25, 0.3) is 6.08 Å². The van der Waals surface area contributed by atoms with Crippen molar-refractivity contribution in [3.05, 3.63) is 72.1 Å². The number of aliphatic carboxylic acids is 1. The summed E-state index contributed by atoms with van der Waals surface area (Å²) in [6.07, 6.45) is 11.7. The molecule has 9 atom stereocenters. The lowest BCUT2D eigenvalue weighted by atomic mass is 9.82. The topological polar surface area (TPSA) is 293 Å². The number of pyridine rings is 1. The molecule has 0 aliphatic heterocycles. The summed E-state index contributed by atoms with van der Waals surface area (Å²) < 4.78 is 0. The zero-order valence-electron chi connectivity index (χ0n) is 41.8. The van der Waals surface area contributed by atoms with Crippen molar-refractivity contribution in [2.45, 2.75) is 166 Å². The number of aldehydes is 1. The lowest BCUT2D eigenvalue weighted by Crippen LogP contribution is -2.64. The van der Waals surface area contributed by atoms with Gasteiger partial charge in [-0.25, -0.2) is 4.79 Å². The fourth-order valence-corrected chi connectivity index (χ4v) is 9.61. The molecule has 0 bridgehead atoms. The van der Waals surface area contributed by atoms with E-state index in [2.05, 4.69) is 26.3 Å². The van der Waals surface area contributed by atoms with Crippen LogP contribution in [-0.4, -0.2) is 129 Å². The minimum atomic E-state index is -1.46. The first-order chi connectivity index (χ1) is 33.8. The zero-order chi connectivity index (χ0) is 52.2. The third-order valence-corrected chi connectivity index (χ3v) is 13.5. The maximum atomic E-state index is 15.1. The highest BCUT2D eigenvalue weighted by Crippen LogP contribution is 2.30. The average Bonchev–Trinajstić information content (AvgIpc) is 3.33. The summed E-state index contributed by atoms with van der Waals surface area (Å²) >= 11 is 0. The van der Waals surface area contributed by atoms with Crippen LogP contribution in [0, 0.1) is 17.8 Å². The third-order valence-electron chi connectivity index (χ3n) is 13.5. The number of primary amides is 1. The smallest absolute Gasteiger partial charge is 0.326 e. The summed E-state index contributed by atoms with van der Waals surface area (Å²) in [4.78, 5) is 129. The molecule has 1 aromatic heterocycles. The summed E-state index contributed by atoms with van der Waals surface area (Å²) in [5, 5.41) is 21.0. The van der Waals surface area contributed by atoms with Gasteiger partial charge in [0.1, 0.15) is 42.5 Å². The Morgan fingerprint density at radius 2 is 1.49 bits per heavy atom. The van der Waals surface area contributed by atoms with E-state index in [9.17, 15) is 43.5 Å². The number of carbonyl (C=O) groups is 9. The molecule has 2 aliphatic carbocycles. The number of carboxylic acid groups (broad SMARTS) is 1. The quantitative estimate of drug-likeness (QED) is 0.0529. The largest absolute Gasteiger partial charge is 0.480 e. The van der Waals surface area contributed by atoms with E-state index in [1.165, 1.54) is 37.2 Å². The predicted octanol–water partition coefficient (Wildman–Crippen LogP) is 2.79. The number of hydrogen-bond donors (Lipinski definition) is 7. The van der Waals surface area contributed by atoms with Crippen molar-refractivity contribution in [1.82, 2.24) is 36.1 Å². The molecule has 19 nitrogen and oxygen atoms in total. The Labute approximate surface area is 417 Å². The van der Waals surface area contributed by atoms with Gasteiger partial charge in [-0.15, -0.1) is 0 Å². The molecule has 19 heteroatoms. The Morgan fingerprint density at radius 1 is 0.817 bits per heavy atom. The molecule has 2 aromatic rings. The number of nitrogens with one attached hydrogen (secondary N) is 4. The molecule has 7 amide bonds. The van der Waals surface area contributed by atoms with Gasteiger partial charge < -0.3 is 52.4 Å². The standard InChI is InChI=1S/C52H75N9O10/c1-32(2)27-40(51(69)61(43-21-18-33(3)28-38(43)53)34(4)47(65)59-42(52(70)71)30-36-15-10-7-11-16-36)58-49(67)44(24-26-62)60(5)50(68)41(29-35-13-8-6-9-14-35)57-48(66)39(20-22-45(54)63)56-46(64)23-19-37-17-12-25-55-31-37/h7,10-12,15-17,19,23,25-26,31-35,38-44H,6,8-9,13-14,18,20-22,24,27-30,53H2,1-5H3,(H2,54,63)(H,56,64)(H,57,66)(H,58,67)(H,59,65)(H,70,71)/b23-19+/t33?,34-,38+,39-,40-,41-,42-,43?,44-/m0/s1. The summed E-state index contributed by atoms with van der Waals surface area (Å²) in [5.41, 5.74) is 13.5. The lowest BCUT2D eigenvalue weighted by molar-refractivity contribution is -0.150. The van der Waals surface area contributed by atoms with E-state index >= 15 is 4.79 Å². The molecular weight excluding hydrogens is 911 g/mol. The van der Waals surface area contributed by atoms with E-state index in [1.807, 2.05) is 20.8 Å². The molecule has 0 saturated heterocycles. The van der Waals surface area contributed by atoms with Crippen LogP contribution in [0.5, 0.6) is 0 Å². The molecule has 0 spiro atoms. The molecule has 9 N–H and O–H groups in total. The van der Waals surface area contributed by atoms with Crippen molar-refractivity contribution in [1.29, 1.82) is 0 Å². The van der Waals surface area contributed by atoms with Crippen LogP contribution in [0.4, 0.5) is 0 Å². The summed E-state index contributed by atoms with van der Waals surface area (Å²) in [5.74, 6) is -6.24. The first-order valence-corrected chi connectivity index (χ1v) is 24.9. The minimum absolute atomic E-state index is 0.0118. The summed E-state index contributed by atoms with van der Waals surface area (Å²) in [6, 6.07) is 3.20. The van der Waals surface area contributed by atoms with E-state index in [0.29, 0.717) is 36.7 Å². The molecule has 1 heterocycles. The molecule has 388 valence electrons. The Hall–Kier alpha value is -6.50. The lowest BCUT2D eigenvalue weighted by Gasteiger charge is -2.44. The number of carbonyl (C=O) groups excluding carboxylic acids is 8. The van der Waals surface area contributed by atoms with Gasteiger partial charge in [-0.1, -0.05) is 89.3 Å². The highest BCUT2D eigenvalue weighted by molar-refractivity contribution is 5.99. The SMILES string of the molecule is CC(C)C[C@H](NC(=O)[C@H](CC=O)N(C)C(=O)[C@H](CC1CCCCC1)NC(=O)[C@H](CCC(N)=O)NC(=O)/C=C/c1cccnc1)C(=O)N(C1CCC(C)C[C@H]1N)[C@@H](C)C(=O)N[C@@H](Cc1ccccc1)C(=O)O. The second-order valence-electron chi connectivity index (χ2n) is 19.7. The van der Waals surface area contributed by atoms with Gasteiger partial charge in [-0.3, -0.25) is 38.5 Å². The van der Waals surface area contributed by atoms with Gasteiger partial charge in [-0.2, -0.15) is 0 Å². The Balaban J connectivity index is 1.62. The highest BCUT2D eigenvalue weighted by atomic mass is 16.4. The number of likely N-dealkylation sites (N-methyl/N-ethyl adjacent to an activating group) is 1. The first-order valence-electron chi connectivity index (χ1n) is 24.9. The fourth-order valence-electron chi connectivity index (χ4n) is 9.61. The maximum absolute atomic E-state index is 15.1. The monoisotopic (exact) mass is 986 g/mol. The van der Waals surface area contributed by atoms with Crippen molar-refractivity contribution in [2.24, 2.45) is 29.2 Å². The summed E-state index contributed by atoms with van der Waals surface area (Å²) in [6.45, 7) is 7.23. The van der Waals surface area contributed by atoms with Crippen LogP contribution in [0.2, 0.25) is 0 Å². The normalized spacial score (nSPS) is 19.7. The third kappa shape index (κ3) is 18.0. The molecular formula is C52H75N9O10. The molecule has 2 aliphatic rings. The number of rotatable bonds is 26. The molecule has 2 saturated carbocycles. The molecule has 4 rings (SSSR count). The van der Waals surface area contributed by atoms with Gasteiger partial charge in [0.15, 0.2) is 0 Å². The Bertz CT molecular complexity index is 2150. The second kappa shape index (κ2) is 28.4. The Kier molecular flexibility index (Phi) is 22.8. The van der Waals surface area contributed by atoms with Gasteiger partial charge in [0, 0.05) is 56.9 Å². The number of benzene rings is 1. The molecule has 0 radical (unpaired) electrons. The van der Waals surface area contributed by atoms with Gasteiger partial charge in [0.25, 0.3) is 0 Å². The zero-order valence-corrected chi connectivity index (χ0v) is 41.8. The highest BCUT2D eigenvalue weighted by Gasteiger charge is 2.43. The molecule has 1 aromatic carbocycles. The van der Waals surface area contributed by atoms with Crippen molar-refractivity contribution in [2.75, 3.05) is 7.05 Å². The van der Waals surface area contributed by atoms with Gasteiger partial charge in [-0.05, 0) is 86.5 Å². The van der Waals surface area contributed by atoms with Crippen LogP contribution >= 0.6 is 0 Å². The van der Waals surface area contributed by atoms with Gasteiger partial charge in [0.05, 0.1) is 0 Å². The minimum Gasteiger partial charge on any atom is -0.480 e. The van der Waals surface area contributed by atoms with Crippen LogP contribution in [0.15, 0.2) is 60.9 Å². The van der Waals surface area contributed by atoms with Gasteiger partial charge in [0.2, 0.25) is 41.4 Å². The first kappa shape index (κ1) is 57.1. The van der Waals surface area contributed by atoms with Crippen LogP contribution in [-0.2, 0) is 49.6 Å². The Morgan fingerprint density at radius 3 is 2.10 bits per heavy atom. The molecule has 2 unspecified atom stereocenters. The number of carboxylic acids is 1.